The fraction of sp³-hybridized carbons (Fsp3) is 0.312. The summed E-state index contributed by atoms with van der Waals surface area (Å²) < 4.78 is 10.3. The largest absolute Gasteiger partial charge is 0.427 e. The van der Waals surface area contributed by atoms with Gasteiger partial charge < -0.3 is 14.6 Å². The third-order valence-electron chi connectivity index (χ3n) is 3.17. The van der Waals surface area contributed by atoms with E-state index in [2.05, 4.69) is 10.5 Å². The van der Waals surface area contributed by atoms with Gasteiger partial charge in [-0.1, -0.05) is 5.16 Å². The molecule has 0 saturated carbocycles. The second-order valence-electron chi connectivity index (χ2n) is 4.98. The van der Waals surface area contributed by atoms with Crippen LogP contribution in [0.2, 0.25) is 0 Å². The first kappa shape index (κ1) is 15.8. The standard InChI is InChI=1S/C16H18N2O4/c1-10-15(11(2)22-18-10)8-9-16(20)21-14-6-4-13(5-7-14)17-12(3)19/h4-7H,8-9H2,1-3H3,(H,17,19). The third kappa shape index (κ3) is 4.18. The number of carbonyl (C=O) groups is 2. The molecule has 22 heavy (non-hydrogen) atoms. The van der Waals surface area contributed by atoms with E-state index in [0.717, 1.165) is 17.0 Å². The van der Waals surface area contributed by atoms with Gasteiger partial charge in [-0.15, -0.1) is 0 Å². The number of amides is 1. The average Bonchev–Trinajstić information content (AvgIpc) is 2.77. The topological polar surface area (TPSA) is 81.4 Å². The highest BCUT2D eigenvalue weighted by Gasteiger charge is 2.12. The number of ether oxygens (including phenoxy) is 1. The lowest BCUT2D eigenvalue weighted by molar-refractivity contribution is -0.134. The van der Waals surface area contributed by atoms with Crippen LogP contribution in [-0.2, 0) is 16.0 Å². The van der Waals surface area contributed by atoms with Gasteiger partial charge in [-0.2, -0.15) is 0 Å². The normalized spacial score (nSPS) is 10.3. The van der Waals surface area contributed by atoms with E-state index in [0.29, 0.717) is 17.9 Å². The van der Waals surface area contributed by atoms with E-state index in [-0.39, 0.29) is 18.3 Å². The highest BCUT2D eigenvalue weighted by molar-refractivity contribution is 5.88. The first-order valence-electron chi connectivity index (χ1n) is 6.96. The van der Waals surface area contributed by atoms with Crippen molar-refractivity contribution in [2.24, 2.45) is 0 Å². The fourth-order valence-corrected chi connectivity index (χ4v) is 2.08. The van der Waals surface area contributed by atoms with E-state index >= 15 is 0 Å². The lowest BCUT2D eigenvalue weighted by Crippen LogP contribution is -2.10. The Kier molecular flexibility index (Phi) is 4.93. The van der Waals surface area contributed by atoms with Crippen molar-refractivity contribution < 1.29 is 18.8 Å². The molecule has 0 bridgehead atoms. The molecule has 1 N–H and O–H groups in total. The summed E-state index contributed by atoms with van der Waals surface area (Å²) in [6.45, 7) is 5.10. The van der Waals surface area contributed by atoms with Crippen molar-refractivity contribution in [2.45, 2.75) is 33.6 Å². The van der Waals surface area contributed by atoms with E-state index in [1.54, 1.807) is 24.3 Å². The number of hydrogen-bond donors (Lipinski definition) is 1. The molecule has 0 fully saturated rings. The monoisotopic (exact) mass is 302 g/mol. The van der Waals surface area contributed by atoms with Crippen LogP contribution in [0.4, 0.5) is 5.69 Å². The molecule has 6 nitrogen and oxygen atoms in total. The Bertz CT molecular complexity index is 654. The second-order valence-corrected chi connectivity index (χ2v) is 4.98. The number of nitrogens with one attached hydrogen (secondary N) is 1. The number of aromatic nitrogens is 1. The predicted molar refractivity (Wildman–Crippen MR) is 80.7 cm³/mol. The minimum Gasteiger partial charge on any atom is -0.427 e. The number of aryl methyl sites for hydroxylation is 2. The molecule has 0 spiro atoms. The Morgan fingerprint density at radius 3 is 2.45 bits per heavy atom. The van der Waals surface area contributed by atoms with Crippen LogP contribution in [0.15, 0.2) is 28.8 Å². The maximum atomic E-state index is 11.8. The maximum absolute atomic E-state index is 11.8. The molecule has 0 unspecified atom stereocenters. The van der Waals surface area contributed by atoms with Gasteiger partial charge in [0.25, 0.3) is 0 Å². The zero-order chi connectivity index (χ0) is 16.1. The minimum absolute atomic E-state index is 0.149. The molecule has 1 amide bonds. The maximum Gasteiger partial charge on any atom is 0.311 e. The van der Waals surface area contributed by atoms with E-state index < -0.39 is 0 Å². The minimum atomic E-state index is -0.327. The smallest absolute Gasteiger partial charge is 0.311 e. The number of hydrogen-bond acceptors (Lipinski definition) is 5. The van der Waals surface area contributed by atoms with E-state index in [9.17, 15) is 9.59 Å². The van der Waals surface area contributed by atoms with Crippen molar-refractivity contribution in [3.63, 3.8) is 0 Å². The quantitative estimate of drug-likeness (QED) is 0.678. The van der Waals surface area contributed by atoms with Gasteiger partial charge in [0.1, 0.15) is 11.5 Å². The van der Waals surface area contributed by atoms with Gasteiger partial charge >= 0.3 is 5.97 Å². The van der Waals surface area contributed by atoms with Gasteiger partial charge in [-0.25, -0.2) is 0 Å². The first-order chi connectivity index (χ1) is 10.5. The van der Waals surface area contributed by atoms with Gasteiger partial charge in [0, 0.05) is 18.2 Å². The Balaban J connectivity index is 1.88. The van der Waals surface area contributed by atoms with Crippen molar-refractivity contribution in [3.8, 4) is 5.75 Å². The van der Waals surface area contributed by atoms with Gasteiger partial charge in [0.2, 0.25) is 5.91 Å². The van der Waals surface area contributed by atoms with Crippen LogP contribution < -0.4 is 10.1 Å². The van der Waals surface area contributed by atoms with Gasteiger partial charge in [-0.05, 0) is 44.5 Å². The van der Waals surface area contributed by atoms with Crippen molar-refractivity contribution in [1.82, 2.24) is 5.16 Å². The summed E-state index contributed by atoms with van der Waals surface area (Å²) in [5.41, 5.74) is 2.39. The highest BCUT2D eigenvalue weighted by Crippen LogP contribution is 2.18. The summed E-state index contributed by atoms with van der Waals surface area (Å²) in [7, 11) is 0. The van der Waals surface area contributed by atoms with Crippen LogP contribution in [-0.4, -0.2) is 17.0 Å². The number of benzene rings is 1. The molecule has 6 heteroatoms. The molecular weight excluding hydrogens is 284 g/mol. The van der Waals surface area contributed by atoms with Crippen LogP contribution in [0.25, 0.3) is 0 Å². The zero-order valence-corrected chi connectivity index (χ0v) is 12.8. The van der Waals surface area contributed by atoms with Gasteiger partial charge in [0.05, 0.1) is 12.1 Å². The Hall–Kier alpha value is -2.63. The summed E-state index contributed by atoms with van der Waals surface area (Å²) >= 11 is 0. The van der Waals surface area contributed by atoms with Gasteiger partial charge in [-0.3, -0.25) is 9.59 Å². The summed E-state index contributed by atoms with van der Waals surface area (Å²) in [4.78, 5) is 22.8. The van der Waals surface area contributed by atoms with Gasteiger partial charge in [0.15, 0.2) is 0 Å². The second kappa shape index (κ2) is 6.89. The molecule has 1 aromatic carbocycles. The number of nitrogens with zero attached hydrogens (tertiary/aromatic N) is 1. The van der Waals surface area contributed by atoms with Crippen molar-refractivity contribution >= 4 is 17.6 Å². The molecule has 2 rings (SSSR count). The molecular formula is C16H18N2O4. The third-order valence-corrected chi connectivity index (χ3v) is 3.17. The van der Waals surface area contributed by atoms with E-state index in [1.165, 1.54) is 6.92 Å². The number of esters is 1. The predicted octanol–water partition coefficient (Wildman–Crippen LogP) is 2.79. The Morgan fingerprint density at radius 2 is 1.91 bits per heavy atom. The SMILES string of the molecule is CC(=O)Nc1ccc(OC(=O)CCc2c(C)noc2C)cc1. The van der Waals surface area contributed by atoms with Crippen LogP contribution in [0, 0.1) is 13.8 Å². The Labute approximate surface area is 128 Å². The van der Waals surface area contributed by atoms with Crippen molar-refractivity contribution in [2.75, 3.05) is 5.32 Å². The summed E-state index contributed by atoms with van der Waals surface area (Å²) in [5, 5.41) is 6.49. The first-order valence-corrected chi connectivity index (χ1v) is 6.96. The highest BCUT2D eigenvalue weighted by atomic mass is 16.5. The van der Waals surface area contributed by atoms with Crippen LogP contribution in [0.1, 0.15) is 30.4 Å². The molecule has 0 aliphatic rings. The molecule has 0 atom stereocenters. The number of rotatable bonds is 5. The molecule has 0 aliphatic heterocycles. The van der Waals surface area contributed by atoms with Crippen LogP contribution >= 0.6 is 0 Å². The summed E-state index contributed by atoms with van der Waals surface area (Å²) in [6.07, 6.45) is 0.778. The number of carbonyl (C=O) groups excluding carboxylic acids is 2. The van der Waals surface area contributed by atoms with Crippen molar-refractivity contribution in [1.29, 1.82) is 0 Å². The molecule has 116 valence electrons. The molecule has 2 aromatic rings. The summed E-state index contributed by atoms with van der Waals surface area (Å²) in [6, 6.07) is 6.63. The van der Waals surface area contributed by atoms with Crippen LogP contribution in [0.3, 0.4) is 0 Å². The van der Waals surface area contributed by atoms with E-state index in [1.807, 2.05) is 13.8 Å². The molecule has 0 aliphatic carbocycles. The molecule has 0 radical (unpaired) electrons. The number of anilines is 1. The molecule has 0 saturated heterocycles. The van der Waals surface area contributed by atoms with E-state index in [4.69, 9.17) is 9.26 Å². The lowest BCUT2D eigenvalue weighted by atomic mass is 10.1. The van der Waals surface area contributed by atoms with Crippen molar-refractivity contribution in [3.05, 3.63) is 41.3 Å². The van der Waals surface area contributed by atoms with Crippen LogP contribution in [0.5, 0.6) is 5.75 Å². The zero-order valence-electron chi connectivity index (χ0n) is 12.8. The fourth-order valence-electron chi connectivity index (χ4n) is 2.08. The Morgan fingerprint density at radius 1 is 1.23 bits per heavy atom. The average molecular weight is 302 g/mol. The summed E-state index contributed by atoms with van der Waals surface area (Å²) in [5.74, 6) is 0.694. The molecule has 1 heterocycles. The lowest BCUT2D eigenvalue weighted by Gasteiger charge is -2.06. The molecule has 1 aromatic heterocycles.